The van der Waals surface area contributed by atoms with E-state index in [1.54, 1.807) is 32.4 Å². The summed E-state index contributed by atoms with van der Waals surface area (Å²) < 4.78 is 15.8. The molecule has 0 bridgehead atoms. The average Bonchev–Trinajstić information content (AvgIpc) is 3.00. The number of nitrogens with one attached hydrogen (secondary N) is 2. The van der Waals surface area contributed by atoms with Crippen LogP contribution >= 0.6 is 12.4 Å². The zero-order valence-corrected chi connectivity index (χ0v) is 13.7. The van der Waals surface area contributed by atoms with Crippen LogP contribution in [0.15, 0.2) is 18.2 Å². The zero-order valence-electron chi connectivity index (χ0n) is 12.9. The summed E-state index contributed by atoms with van der Waals surface area (Å²) >= 11 is 0. The van der Waals surface area contributed by atoms with Crippen molar-refractivity contribution in [2.75, 3.05) is 39.2 Å². The molecule has 0 saturated carbocycles. The second-order valence-corrected chi connectivity index (χ2v) is 4.92. The van der Waals surface area contributed by atoms with Crippen molar-refractivity contribution in [1.29, 1.82) is 0 Å². The summed E-state index contributed by atoms with van der Waals surface area (Å²) in [5.41, 5.74) is 0.648. The van der Waals surface area contributed by atoms with Gasteiger partial charge in [0.15, 0.2) is 0 Å². The number of benzene rings is 1. The van der Waals surface area contributed by atoms with Crippen molar-refractivity contribution in [2.45, 2.75) is 18.9 Å². The monoisotopic (exact) mass is 330 g/mol. The second kappa shape index (κ2) is 9.50. The minimum absolute atomic E-state index is 0. The lowest BCUT2D eigenvalue weighted by atomic mass is 10.2. The Morgan fingerprint density at radius 1 is 1.27 bits per heavy atom. The van der Waals surface area contributed by atoms with Crippen molar-refractivity contribution in [3.8, 4) is 11.5 Å². The minimum atomic E-state index is -0.108. The van der Waals surface area contributed by atoms with E-state index in [-0.39, 0.29) is 31.0 Å². The number of hydrogen-bond acceptors (Lipinski definition) is 5. The Morgan fingerprint density at radius 2 is 1.95 bits per heavy atom. The van der Waals surface area contributed by atoms with Crippen LogP contribution in [-0.4, -0.2) is 45.9 Å². The van der Waals surface area contributed by atoms with Crippen LogP contribution in [0, 0.1) is 0 Å². The van der Waals surface area contributed by atoms with Gasteiger partial charge in [0.1, 0.15) is 11.5 Å². The average molecular weight is 331 g/mol. The minimum Gasteiger partial charge on any atom is -0.497 e. The Hall–Kier alpha value is -1.50. The van der Waals surface area contributed by atoms with Crippen molar-refractivity contribution in [3.63, 3.8) is 0 Å². The summed E-state index contributed by atoms with van der Waals surface area (Å²) in [4.78, 5) is 11.9. The molecule has 0 aromatic heterocycles. The molecule has 0 aliphatic carbocycles. The molecule has 0 radical (unpaired) electrons. The van der Waals surface area contributed by atoms with Crippen molar-refractivity contribution in [2.24, 2.45) is 0 Å². The van der Waals surface area contributed by atoms with E-state index >= 15 is 0 Å². The lowest BCUT2D eigenvalue weighted by Crippen LogP contribution is -2.33. The Bertz CT molecular complexity index is 456. The summed E-state index contributed by atoms with van der Waals surface area (Å²) in [5.74, 6) is 1.16. The summed E-state index contributed by atoms with van der Waals surface area (Å²) in [6.07, 6.45) is 2.39. The number of methoxy groups -OCH3 is 2. The molecule has 2 N–H and O–H groups in total. The number of rotatable bonds is 7. The molecule has 22 heavy (non-hydrogen) atoms. The predicted molar refractivity (Wildman–Crippen MR) is 87.3 cm³/mol. The normalized spacial score (nSPS) is 16.7. The summed E-state index contributed by atoms with van der Waals surface area (Å²) in [5, 5.41) is 5.92. The highest BCUT2D eigenvalue weighted by atomic mass is 35.5. The second-order valence-electron chi connectivity index (χ2n) is 4.92. The molecule has 1 aliphatic rings. The molecule has 2 rings (SSSR count). The van der Waals surface area contributed by atoms with Crippen LogP contribution in [0.5, 0.6) is 11.5 Å². The molecule has 1 unspecified atom stereocenters. The van der Waals surface area contributed by atoms with E-state index in [0.29, 0.717) is 23.7 Å². The highest BCUT2D eigenvalue weighted by molar-refractivity contribution is 5.92. The van der Waals surface area contributed by atoms with Crippen molar-refractivity contribution < 1.29 is 19.0 Å². The third-order valence-electron chi connectivity index (χ3n) is 3.32. The molecule has 1 fully saturated rings. The van der Waals surface area contributed by atoms with Gasteiger partial charge in [-0.25, -0.2) is 0 Å². The van der Waals surface area contributed by atoms with Crippen molar-refractivity contribution in [1.82, 2.24) is 5.32 Å². The summed E-state index contributed by atoms with van der Waals surface area (Å²) in [7, 11) is 3.15. The maximum Gasteiger partial charge on any atom is 0.238 e. The van der Waals surface area contributed by atoms with E-state index in [1.165, 1.54) is 0 Å². The number of amides is 1. The lowest BCUT2D eigenvalue weighted by molar-refractivity contribution is -0.115. The Kier molecular flexibility index (Phi) is 8.01. The van der Waals surface area contributed by atoms with Crippen LogP contribution in [0.25, 0.3) is 0 Å². The Balaban J connectivity index is 0.00000242. The lowest BCUT2D eigenvalue weighted by Gasteiger charge is -2.12. The van der Waals surface area contributed by atoms with Gasteiger partial charge < -0.3 is 24.8 Å². The smallest absolute Gasteiger partial charge is 0.238 e. The van der Waals surface area contributed by atoms with E-state index in [1.807, 2.05) is 0 Å². The first kappa shape index (κ1) is 18.5. The van der Waals surface area contributed by atoms with Gasteiger partial charge in [0.25, 0.3) is 0 Å². The quantitative estimate of drug-likeness (QED) is 0.798. The van der Waals surface area contributed by atoms with Crippen molar-refractivity contribution >= 4 is 24.0 Å². The van der Waals surface area contributed by atoms with Gasteiger partial charge in [-0.05, 0) is 12.8 Å². The largest absolute Gasteiger partial charge is 0.497 e. The van der Waals surface area contributed by atoms with Crippen LogP contribution in [0.1, 0.15) is 12.8 Å². The SMILES string of the molecule is COc1cc(NC(=O)CNCC2CCCO2)cc(OC)c1.Cl. The van der Waals surface area contributed by atoms with Crippen molar-refractivity contribution in [3.05, 3.63) is 18.2 Å². The molecule has 6 nitrogen and oxygen atoms in total. The van der Waals surface area contributed by atoms with Crippen LogP contribution in [-0.2, 0) is 9.53 Å². The predicted octanol–water partition coefficient (Wildman–Crippen LogP) is 1.83. The van der Waals surface area contributed by atoms with E-state index < -0.39 is 0 Å². The van der Waals surface area contributed by atoms with Gasteiger partial charge in [-0.2, -0.15) is 0 Å². The molecule has 1 atom stereocenters. The molecule has 1 heterocycles. The van der Waals surface area contributed by atoms with Crippen LogP contribution in [0.4, 0.5) is 5.69 Å². The number of carbonyl (C=O) groups is 1. The summed E-state index contributed by atoms with van der Waals surface area (Å²) in [6.45, 7) is 1.77. The number of anilines is 1. The van der Waals surface area contributed by atoms with Gasteiger partial charge in [0, 0.05) is 37.0 Å². The molecular formula is C15H23ClN2O4. The zero-order chi connectivity index (χ0) is 15.1. The third kappa shape index (κ3) is 5.71. The van der Waals surface area contributed by atoms with Gasteiger partial charge in [-0.15, -0.1) is 12.4 Å². The highest BCUT2D eigenvalue weighted by Crippen LogP contribution is 2.25. The molecule has 1 saturated heterocycles. The van der Waals surface area contributed by atoms with Gasteiger partial charge >= 0.3 is 0 Å². The molecular weight excluding hydrogens is 308 g/mol. The molecule has 1 aromatic rings. The fraction of sp³-hybridized carbons (Fsp3) is 0.533. The topological polar surface area (TPSA) is 68.8 Å². The van der Waals surface area contributed by atoms with E-state index in [9.17, 15) is 4.79 Å². The molecule has 124 valence electrons. The highest BCUT2D eigenvalue weighted by Gasteiger charge is 2.15. The maximum absolute atomic E-state index is 11.9. The first-order chi connectivity index (χ1) is 10.2. The fourth-order valence-corrected chi connectivity index (χ4v) is 2.24. The van der Waals surface area contributed by atoms with Gasteiger partial charge in [-0.3, -0.25) is 4.79 Å². The van der Waals surface area contributed by atoms with Crippen LogP contribution in [0.3, 0.4) is 0 Å². The number of ether oxygens (including phenoxy) is 3. The molecule has 1 amide bonds. The van der Waals surface area contributed by atoms with Gasteiger partial charge in [-0.1, -0.05) is 0 Å². The fourth-order valence-electron chi connectivity index (χ4n) is 2.24. The number of halogens is 1. The Labute approximate surface area is 136 Å². The number of carbonyl (C=O) groups excluding carboxylic acids is 1. The standard InChI is InChI=1S/C15H22N2O4.ClH/c1-19-13-6-11(7-14(8-13)20-2)17-15(18)10-16-9-12-4-3-5-21-12;/h6-8,12,16H,3-5,9-10H2,1-2H3,(H,17,18);1H. The van der Waals surface area contributed by atoms with E-state index in [4.69, 9.17) is 14.2 Å². The number of hydrogen-bond donors (Lipinski definition) is 2. The van der Waals surface area contributed by atoms with Crippen LogP contribution in [0.2, 0.25) is 0 Å². The van der Waals surface area contributed by atoms with Gasteiger partial charge in [0.2, 0.25) is 5.91 Å². The van der Waals surface area contributed by atoms with Crippen LogP contribution < -0.4 is 20.1 Å². The van der Waals surface area contributed by atoms with Gasteiger partial charge in [0.05, 0.1) is 26.9 Å². The first-order valence-electron chi connectivity index (χ1n) is 7.06. The van der Waals surface area contributed by atoms with E-state index in [2.05, 4.69) is 10.6 Å². The first-order valence-corrected chi connectivity index (χ1v) is 7.06. The Morgan fingerprint density at radius 3 is 2.50 bits per heavy atom. The maximum atomic E-state index is 11.9. The molecule has 1 aromatic carbocycles. The summed E-state index contributed by atoms with van der Waals surface area (Å²) in [6, 6.07) is 5.26. The molecule has 1 aliphatic heterocycles. The molecule has 0 spiro atoms. The third-order valence-corrected chi connectivity index (χ3v) is 3.32. The van der Waals surface area contributed by atoms with E-state index in [0.717, 1.165) is 19.4 Å². The molecule has 7 heteroatoms.